The number of carbonyl (C=O) groups is 1. The van der Waals surface area contributed by atoms with Gasteiger partial charge in [0.1, 0.15) is 5.82 Å². The third kappa shape index (κ3) is 6.84. The average Bonchev–Trinajstić information content (AvgIpc) is 2.73. The maximum atomic E-state index is 13.9. The third-order valence-electron chi connectivity index (χ3n) is 6.73. The molecule has 0 spiro atoms. The van der Waals surface area contributed by atoms with Gasteiger partial charge in [-0.1, -0.05) is 18.5 Å². The van der Waals surface area contributed by atoms with E-state index in [1.54, 1.807) is 0 Å². The molecule has 1 saturated heterocycles. The smallest absolute Gasteiger partial charge is 0.248 e. The highest BCUT2D eigenvalue weighted by molar-refractivity contribution is 7.89. The van der Waals surface area contributed by atoms with Gasteiger partial charge in [0.25, 0.3) is 0 Å². The molecule has 2 aliphatic rings. The standard InChI is InChI=1S/C22H30ClF3N2O3S.ClH/c1-2-15-32(30,31)28-13-11-27(12-14-28)21(7-9-22(25,26)10-8-21)6-5-20(29)18-4-3-17(24)16-19(18)23;/h3-4,16H,2,5-15H2,1H3;1H. The van der Waals surface area contributed by atoms with E-state index in [1.807, 2.05) is 6.92 Å². The van der Waals surface area contributed by atoms with E-state index in [4.69, 9.17) is 11.6 Å². The lowest BCUT2D eigenvalue weighted by molar-refractivity contribution is -0.0891. The predicted molar refractivity (Wildman–Crippen MR) is 126 cm³/mol. The highest BCUT2D eigenvalue weighted by Gasteiger charge is 2.47. The summed E-state index contributed by atoms with van der Waals surface area (Å²) in [4.78, 5) is 14.9. The van der Waals surface area contributed by atoms with E-state index in [1.165, 1.54) is 16.4 Å². The van der Waals surface area contributed by atoms with Crippen molar-refractivity contribution in [2.75, 3.05) is 31.9 Å². The van der Waals surface area contributed by atoms with Crippen LogP contribution in [0.1, 0.15) is 62.2 Å². The number of Topliss-reactive ketones (excluding diaryl/α,β-unsaturated/α-hetero) is 1. The lowest BCUT2D eigenvalue weighted by atomic mass is 9.74. The zero-order chi connectivity index (χ0) is 23.6. The minimum atomic E-state index is -3.31. The molecule has 188 valence electrons. The molecule has 0 N–H and O–H groups in total. The highest BCUT2D eigenvalue weighted by Crippen LogP contribution is 2.44. The molecule has 0 amide bonds. The number of halogens is 5. The van der Waals surface area contributed by atoms with Gasteiger partial charge in [0, 0.05) is 56.5 Å². The molecule has 0 bridgehead atoms. The van der Waals surface area contributed by atoms with Crippen LogP contribution in [0.15, 0.2) is 18.2 Å². The maximum absolute atomic E-state index is 13.9. The second-order valence-electron chi connectivity index (χ2n) is 8.83. The molecule has 1 aliphatic carbocycles. The van der Waals surface area contributed by atoms with Crippen molar-refractivity contribution in [3.63, 3.8) is 0 Å². The molecular weight excluding hydrogens is 500 g/mol. The first-order chi connectivity index (χ1) is 15.0. The SMILES string of the molecule is CCCS(=O)(=O)N1CCN(C2(CCC(=O)c3ccc(F)cc3Cl)CCC(F)(F)CC2)CC1.Cl. The summed E-state index contributed by atoms with van der Waals surface area (Å²) in [5.41, 5.74) is -0.371. The summed E-state index contributed by atoms with van der Waals surface area (Å²) in [7, 11) is -3.31. The van der Waals surface area contributed by atoms with E-state index in [9.17, 15) is 26.4 Å². The van der Waals surface area contributed by atoms with Crippen molar-refractivity contribution in [2.24, 2.45) is 0 Å². The molecule has 0 radical (unpaired) electrons. The zero-order valence-electron chi connectivity index (χ0n) is 18.7. The van der Waals surface area contributed by atoms with Crippen molar-refractivity contribution < 1.29 is 26.4 Å². The topological polar surface area (TPSA) is 57.7 Å². The Balaban J connectivity index is 0.00000385. The van der Waals surface area contributed by atoms with Crippen molar-refractivity contribution >= 4 is 39.8 Å². The molecule has 3 rings (SSSR count). The Labute approximate surface area is 205 Å². The Hall–Kier alpha value is -0.870. The van der Waals surface area contributed by atoms with E-state index < -0.39 is 27.3 Å². The fraction of sp³-hybridized carbons (Fsp3) is 0.682. The molecule has 0 unspecified atom stereocenters. The van der Waals surface area contributed by atoms with Gasteiger partial charge in [-0.3, -0.25) is 9.69 Å². The van der Waals surface area contributed by atoms with Gasteiger partial charge in [-0.05, 0) is 43.9 Å². The van der Waals surface area contributed by atoms with E-state index >= 15 is 0 Å². The van der Waals surface area contributed by atoms with E-state index in [0.717, 1.165) is 6.07 Å². The maximum Gasteiger partial charge on any atom is 0.248 e. The Morgan fingerprint density at radius 3 is 2.24 bits per heavy atom. The van der Waals surface area contributed by atoms with Crippen molar-refractivity contribution in [3.8, 4) is 0 Å². The van der Waals surface area contributed by atoms with Crippen LogP contribution >= 0.6 is 24.0 Å². The summed E-state index contributed by atoms with van der Waals surface area (Å²) in [5.74, 6) is -3.42. The van der Waals surface area contributed by atoms with Gasteiger partial charge >= 0.3 is 0 Å². The van der Waals surface area contributed by atoms with Gasteiger partial charge < -0.3 is 0 Å². The number of carbonyl (C=O) groups excluding carboxylic acids is 1. The van der Waals surface area contributed by atoms with Crippen LogP contribution in [0.2, 0.25) is 5.02 Å². The molecule has 1 aromatic carbocycles. The second kappa shape index (κ2) is 11.2. The summed E-state index contributed by atoms with van der Waals surface area (Å²) in [6.45, 7) is 3.34. The number of hydrogen-bond acceptors (Lipinski definition) is 4. The molecule has 0 atom stereocenters. The van der Waals surface area contributed by atoms with E-state index in [-0.39, 0.29) is 66.6 Å². The minimum absolute atomic E-state index is 0. The van der Waals surface area contributed by atoms with Gasteiger partial charge in [0.05, 0.1) is 10.8 Å². The van der Waals surface area contributed by atoms with Crippen LogP contribution in [-0.2, 0) is 10.0 Å². The van der Waals surface area contributed by atoms with Crippen molar-refractivity contribution in [3.05, 3.63) is 34.6 Å². The monoisotopic (exact) mass is 530 g/mol. The van der Waals surface area contributed by atoms with Crippen LogP contribution in [0.3, 0.4) is 0 Å². The number of benzene rings is 1. The van der Waals surface area contributed by atoms with E-state index in [0.29, 0.717) is 39.0 Å². The molecule has 11 heteroatoms. The lowest BCUT2D eigenvalue weighted by Crippen LogP contribution is -2.60. The lowest BCUT2D eigenvalue weighted by Gasteiger charge is -2.51. The summed E-state index contributed by atoms with van der Waals surface area (Å²) in [6, 6.07) is 3.60. The molecule has 1 saturated carbocycles. The van der Waals surface area contributed by atoms with Crippen molar-refractivity contribution in [2.45, 2.75) is 63.3 Å². The Morgan fingerprint density at radius 2 is 1.70 bits per heavy atom. The number of alkyl halides is 2. The van der Waals surface area contributed by atoms with Gasteiger partial charge in [-0.25, -0.2) is 21.6 Å². The van der Waals surface area contributed by atoms with Gasteiger partial charge in [-0.2, -0.15) is 4.31 Å². The van der Waals surface area contributed by atoms with Crippen LogP contribution in [-0.4, -0.2) is 66.8 Å². The largest absolute Gasteiger partial charge is 0.295 e. The molecule has 1 heterocycles. The summed E-state index contributed by atoms with van der Waals surface area (Å²) >= 11 is 6.02. The van der Waals surface area contributed by atoms with Crippen LogP contribution in [0.4, 0.5) is 13.2 Å². The number of piperazine rings is 1. The molecule has 5 nitrogen and oxygen atoms in total. The number of ketones is 1. The van der Waals surface area contributed by atoms with Crippen LogP contribution < -0.4 is 0 Å². The Bertz CT molecular complexity index is 929. The fourth-order valence-corrected chi connectivity index (χ4v) is 6.60. The van der Waals surface area contributed by atoms with Gasteiger partial charge in [0.15, 0.2) is 5.78 Å². The molecule has 0 aromatic heterocycles. The number of rotatable bonds is 8. The fourth-order valence-electron chi connectivity index (χ4n) is 4.83. The van der Waals surface area contributed by atoms with Gasteiger partial charge in [0.2, 0.25) is 15.9 Å². The molecule has 1 aliphatic heterocycles. The molecule has 1 aromatic rings. The quantitative estimate of drug-likeness (QED) is 0.435. The Kier molecular flexibility index (Phi) is 9.67. The average molecular weight is 531 g/mol. The first-order valence-corrected chi connectivity index (χ1v) is 13.1. The molecule has 33 heavy (non-hydrogen) atoms. The van der Waals surface area contributed by atoms with Crippen molar-refractivity contribution in [1.29, 1.82) is 0 Å². The minimum Gasteiger partial charge on any atom is -0.295 e. The van der Waals surface area contributed by atoms with Crippen LogP contribution in [0, 0.1) is 5.82 Å². The van der Waals surface area contributed by atoms with Crippen molar-refractivity contribution in [1.82, 2.24) is 9.21 Å². The number of hydrogen-bond donors (Lipinski definition) is 0. The zero-order valence-corrected chi connectivity index (χ0v) is 21.1. The summed E-state index contributed by atoms with van der Waals surface area (Å²) in [5, 5.41) is 0.0361. The number of sulfonamides is 1. The van der Waals surface area contributed by atoms with E-state index in [2.05, 4.69) is 4.90 Å². The normalized spacial score (nSPS) is 21.4. The Morgan fingerprint density at radius 1 is 1.09 bits per heavy atom. The third-order valence-corrected chi connectivity index (χ3v) is 9.11. The van der Waals surface area contributed by atoms with Gasteiger partial charge in [-0.15, -0.1) is 12.4 Å². The second-order valence-corrected chi connectivity index (χ2v) is 11.3. The predicted octanol–water partition coefficient (Wildman–Crippen LogP) is 5.17. The van der Waals surface area contributed by atoms with Crippen LogP contribution in [0.25, 0.3) is 0 Å². The first-order valence-electron chi connectivity index (χ1n) is 11.1. The summed E-state index contributed by atoms with van der Waals surface area (Å²) < 4.78 is 67.4. The molecule has 2 fully saturated rings. The van der Waals surface area contributed by atoms with Crippen LogP contribution in [0.5, 0.6) is 0 Å². The summed E-state index contributed by atoms with van der Waals surface area (Å²) in [6.07, 6.45) is 0.982. The highest BCUT2D eigenvalue weighted by atomic mass is 35.5. The number of nitrogens with zero attached hydrogens (tertiary/aromatic N) is 2. The first kappa shape index (κ1) is 28.4. The molecular formula is C22H31Cl2F3N2O3S.